The maximum absolute atomic E-state index is 5.42. The summed E-state index contributed by atoms with van der Waals surface area (Å²) in [7, 11) is 0. The van der Waals surface area contributed by atoms with Crippen LogP contribution < -0.4 is 5.73 Å². The van der Waals surface area contributed by atoms with Crippen LogP contribution in [0.3, 0.4) is 0 Å². The molecule has 1 aromatic rings. The molecule has 21 heavy (non-hydrogen) atoms. The Morgan fingerprint density at radius 3 is 2.81 bits per heavy atom. The van der Waals surface area contributed by atoms with Gasteiger partial charge in [0, 0.05) is 5.56 Å². The van der Waals surface area contributed by atoms with E-state index in [2.05, 4.69) is 56.9 Å². The summed E-state index contributed by atoms with van der Waals surface area (Å²) in [6, 6.07) is 8.31. The first-order valence-electron chi connectivity index (χ1n) is 7.70. The Hall–Kier alpha value is -1.78. The Balaban J connectivity index is 2.25. The molecule has 0 saturated carbocycles. The van der Waals surface area contributed by atoms with Gasteiger partial charge < -0.3 is 5.73 Å². The van der Waals surface area contributed by atoms with Crippen molar-refractivity contribution in [2.24, 2.45) is 11.1 Å². The predicted octanol–water partition coefficient (Wildman–Crippen LogP) is 4.54. The van der Waals surface area contributed by atoms with Crippen LogP contribution in [0.15, 0.2) is 41.5 Å². The Morgan fingerprint density at radius 1 is 1.29 bits per heavy atom. The van der Waals surface area contributed by atoms with E-state index in [9.17, 15) is 0 Å². The van der Waals surface area contributed by atoms with E-state index >= 15 is 0 Å². The van der Waals surface area contributed by atoms with E-state index in [0.29, 0.717) is 6.54 Å². The van der Waals surface area contributed by atoms with Gasteiger partial charge in [-0.05, 0) is 54.9 Å². The number of rotatable bonds is 2. The van der Waals surface area contributed by atoms with Crippen LogP contribution in [0.5, 0.6) is 0 Å². The van der Waals surface area contributed by atoms with Crippen LogP contribution in [0.25, 0.3) is 6.08 Å². The van der Waals surface area contributed by atoms with Crippen LogP contribution in [0, 0.1) is 17.3 Å². The van der Waals surface area contributed by atoms with Gasteiger partial charge in [0.15, 0.2) is 0 Å². The highest BCUT2D eigenvalue weighted by Crippen LogP contribution is 2.40. The van der Waals surface area contributed by atoms with Crippen molar-refractivity contribution < 1.29 is 0 Å². The van der Waals surface area contributed by atoms with Crippen molar-refractivity contribution in [3.8, 4) is 11.8 Å². The molecular weight excluding hydrogens is 254 g/mol. The van der Waals surface area contributed by atoms with Crippen molar-refractivity contribution in [1.82, 2.24) is 0 Å². The number of allylic oxidation sites excluding steroid dienone is 3. The summed E-state index contributed by atoms with van der Waals surface area (Å²) < 4.78 is 0. The van der Waals surface area contributed by atoms with Gasteiger partial charge in [-0.25, -0.2) is 0 Å². The van der Waals surface area contributed by atoms with Crippen LogP contribution in [-0.2, 0) is 0 Å². The van der Waals surface area contributed by atoms with E-state index in [-0.39, 0.29) is 5.41 Å². The van der Waals surface area contributed by atoms with Crippen LogP contribution in [0.2, 0.25) is 0 Å². The summed E-state index contributed by atoms with van der Waals surface area (Å²) in [5.74, 6) is 5.99. The number of benzene rings is 1. The summed E-state index contributed by atoms with van der Waals surface area (Å²) in [5.41, 5.74) is 11.0. The molecule has 0 heterocycles. The molecule has 0 bridgehead atoms. The first kappa shape index (κ1) is 15.6. The fourth-order valence-corrected chi connectivity index (χ4v) is 3.06. The van der Waals surface area contributed by atoms with Crippen LogP contribution in [-0.4, -0.2) is 6.54 Å². The third-order valence-electron chi connectivity index (χ3n) is 4.21. The summed E-state index contributed by atoms with van der Waals surface area (Å²) in [5, 5.41) is 0. The van der Waals surface area contributed by atoms with Crippen LogP contribution >= 0.6 is 0 Å². The van der Waals surface area contributed by atoms with Crippen LogP contribution in [0.1, 0.15) is 51.2 Å². The van der Waals surface area contributed by atoms with Crippen molar-refractivity contribution in [1.29, 1.82) is 0 Å². The molecule has 0 radical (unpaired) electrons. The lowest BCUT2D eigenvalue weighted by Gasteiger charge is -2.32. The van der Waals surface area contributed by atoms with Crippen molar-refractivity contribution >= 4 is 6.08 Å². The van der Waals surface area contributed by atoms with Gasteiger partial charge in [0.05, 0.1) is 6.54 Å². The second-order valence-electron chi connectivity index (χ2n) is 6.40. The summed E-state index contributed by atoms with van der Waals surface area (Å²) in [6.45, 7) is 7.36. The molecule has 1 aliphatic carbocycles. The first-order valence-corrected chi connectivity index (χ1v) is 7.70. The lowest BCUT2D eigenvalue weighted by molar-refractivity contribution is 0.377. The lowest BCUT2D eigenvalue weighted by atomic mass is 9.72. The van der Waals surface area contributed by atoms with Crippen molar-refractivity contribution in [3.63, 3.8) is 0 Å². The molecule has 0 fully saturated rings. The van der Waals surface area contributed by atoms with Gasteiger partial charge >= 0.3 is 0 Å². The summed E-state index contributed by atoms with van der Waals surface area (Å²) >= 11 is 0. The molecule has 1 aromatic carbocycles. The number of nitrogens with two attached hydrogens (primary N) is 1. The SMILES string of the molecule is CC1=C(/C=C/c2cccc(C#CCN)c2)C(C)(C)CCC1. The average Bonchev–Trinajstić information content (AvgIpc) is 2.44. The maximum atomic E-state index is 5.42. The largest absolute Gasteiger partial charge is 0.320 e. The highest BCUT2D eigenvalue weighted by Gasteiger charge is 2.26. The molecule has 1 heteroatoms. The number of hydrogen-bond acceptors (Lipinski definition) is 1. The van der Waals surface area contributed by atoms with Gasteiger partial charge in [0.25, 0.3) is 0 Å². The van der Waals surface area contributed by atoms with E-state index in [1.165, 1.54) is 36.0 Å². The number of hydrogen-bond donors (Lipinski definition) is 1. The van der Waals surface area contributed by atoms with Crippen molar-refractivity contribution in [2.75, 3.05) is 6.54 Å². The fourth-order valence-electron chi connectivity index (χ4n) is 3.06. The second-order valence-corrected chi connectivity index (χ2v) is 6.40. The third-order valence-corrected chi connectivity index (χ3v) is 4.21. The molecule has 0 atom stereocenters. The molecule has 2 N–H and O–H groups in total. The van der Waals surface area contributed by atoms with E-state index < -0.39 is 0 Å². The minimum atomic E-state index is 0.287. The smallest absolute Gasteiger partial charge is 0.0555 e. The van der Waals surface area contributed by atoms with Gasteiger partial charge in [-0.15, -0.1) is 0 Å². The maximum Gasteiger partial charge on any atom is 0.0555 e. The zero-order valence-corrected chi connectivity index (χ0v) is 13.4. The fraction of sp³-hybridized carbons (Fsp3) is 0.400. The van der Waals surface area contributed by atoms with E-state index in [1.807, 2.05) is 12.1 Å². The minimum Gasteiger partial charge on any atom is -0.320 e. The Kier molecular flexibility index (Phi) is 5.04. The van der Waals surface area contributed by atoms with Gasteiger partial charge in [-0.3, -0.25) is 0 Å². The van der Waals surface area contributed by atoms with E-state index in [0.717, 1.165) is 5.56 Å². The highest BCUT2D eigenvalue weighted by atomic mass is 14.5. The molecule has 0 amide bonds. The molecule has 0 aromatic heterocycles. The summed E-state index contributed by atoms with van der Waals surface area (Å²) in [6.07, 6.45) is 8.31. The normalized spacial score (nSPS) is 17.7. The summed E-state index contributed by atoms with van der Waals surface area (Å²) in [4.78, 5) is 0. The molecule has 0 saturated heterocycles. The van der Waals surface area contributed by atoms with Crippen molar-refractivity contribution in [2.45, 2.75) is 40.0 Å². The zero-order valence-electron chi connectivity index (χ0n) is 13.4. The van der Waals surface area contributed by atoms with Gasteiger partial charge in [-0.1, -0.05) is 55.5 Å². The molecule has 1 nitrogen and oxygen atoms in total. The zero-order chi connectivity index (χ0) is 15.3. The topological polar surface area (TPSA) is 26.0 Å². The standard InChI is InChI=1S/C20H25N/c1-16-7-5-13-20(2,3)19(16)12-11-18-9-4-8-17(15-18)10-6-14-21/h4,8-9,11-12,15H,5,7,13-14,21H2,1-3H3/b12-11+. The van der Waals surface area contributed by atoms with E-state index in [1.54, 1.807) is 0 Å². The molecule has 0 unspecified atom stereocenters. The minimum absolute atomic E-state index is 0.287. The average molecular weight is 279 g/mol. The monoisotopic (exact) mass is 279 g/mol. The molecule has 1 aliphatic rings. The Morgan fingerprint density at radius 2 is 2.10 bits per heavy atom. The molecular formula is C20H25N. The quantitative estimate of drug-likeness (QED) is 0.790. The molecule has 2 rings (SSSR count). The first-order chi connectivity index (χ1) is 10.0. The van der Waals surface area contributed by atoms with Gasteiger partial charge in [-0.2, -0.15) is 0 Å². The van der Waals surface area contributed by atoms with Gasteiger partial charge in [0.1, 0.15) is 0 Å². The van der Waals surface area contributed by atoms with Gasteiger partial charge in [0.2, 0.25) is 0 Å². The Bertz CT molecular complexity index is 621. The molecule has 0 spiro atoms. The lowest BCUT2D eigenvalue weighted by Crippen LogP contribution is -2.18. The predicted molar refractivity (Wildman–Crippen MR) is 91.7 cm³/mol. The molecule has 110 valence electrons. The van der Waals surface area contributed by atoms with Crippen LogP contribution in [0.4, 0.5) is 0 Å². The Labute approximate surface area is 128 Å². The highest BCUT2D eigenvalue weighted by molar-refractivity contribution is 5.57. The third kappa shape index (κ3) is 4.09. The second kappa shape index (κ2) is 6.78. The molecule has 0 aliphatic heterocycles. The van der Waals surface area contributed by atoms with E-state index in [4.69, 9.17) is 5.73 Å². The van der Waals surface area contributed by atoms with Crippen molar-refractivity contribution in [3.05, 3.63) is 52.6 Å².